The van der Waals surface area contributed by atoms with Crippen LogP contribution in [0.4, 0.5) is 11.6 Å². The summed E-state index contributed by atoms with van der Waals surface area (Å²) in [5.74, 6) is 0.772. The van der Waals surface area contributed by atoms with E-state index in [1.54, 1.807) is 12.4 Å². The molecule has 2 N–H and O–H groups in total. The lowest BCUT2D eigenvalue weighted by molar-refractivity contribution is 1.14. The molecule has 1 aromatic carbocycles. The van der Waals surface area contributed by atoms with Crippen molar-refractivity contribution in [3.8, 4) is 0 Å². The zero-order chi connectivity index (χ0) is 9.80. The first-order valence-corrected chi connectivity index (χ1v) is 4.74. The van der Waals surface area contributed by atoms with E-state index in [0.717, 1.165) is 18.1 Å². The van der Waals surface area contributed by atoms with Crippen LogP contribution in [0.15, 0.2) is 36.7 Å². The summed E-state index contributed by atoms with van der Waals surface area (Å²) in [7, 11) is 0. The third kappa shape index (κ3) is 1.93. The molecule has 14 heavy (non-hydrogen) atoms. The highest BCUT2D eigenvalue weighted by molar-refractivity contribution is 5.53. The van der Waals surface area contributed by atoms with Gasteiger partial charge in [0.25, 0.3) is 0 Å². The van der Waals surface area contributed by atoms with Gasteiger partial charge in [0.1, 0.15) is 0 Å². The van der Waals surface area contributed by atoms with Gasteiger partial charge < -0.3 is 10.3 Å². The van der Waals surface area contributed by atoms with Crippen molar-refractivity contribution in [1.82, 2.24) is 9.97 Å². The summed E-state index contributed by atoms with van der Waals surface area (Å²) in [4.78, 5) is 7.08. The molecule has 0 aliphatic heterocycles. The molecule has 0 atom stereocenters. The molecular weight excluding hydrogens is 174 g/mol. The fourth-order valence-corrected chi connectivity index (χ4v) is 1.29. The quantitative estimate of drug-likeness (QED) is 0.775. The lowest BCUT2D eigenvalue weighted by Crippen LogP contribution is -1.92. The zero-order valence-electron chi connectivity index (χ0n) is 8.12. The van der Waals surface area contributed by atoms with E-state index in [-0.39, 0.29) is 0 Å². The molecule has 0 aliphatic rings. The summed E-state index contributed by atoms with van der Waals surface area (Å²) in [6.45, 7) is 2.15. The van der Waals surface area contributed by atoms with Gasteiger partial charge in [0.2, 0.25) is 5.95 Å². The molecule has 3 nitrogen and oxygen atoms in total. The molecule has 0 aliphatic carbocycles. The molecule has 0 amide bonds. The van der Waals surface area contributed by atoms with Crippen LogP contribution in [-0.2, 0) is 6.42 Å². The van der Waals surface area contributed by atoms with Gasteiger partial charge in [-0.15, -0.1) is 0 Å². The molecule has 0 saturated carbocycles. The molecular formula is C11H13N3. The summed E-state index contributed by atoms with van der Waals surface area (Å²) in [6, 6.07) is 8.35. The molecule has 0 fully saturated rings. The van der Waals surface area contributed by atoms with Gasteiger partial charge in [0.15, 0.2) is 0 Å². The predicted molar refractivity (Wildman–Crippen MR) is 57.7 cm³/mol. The van der Waals surface area contributed by atoms with Crippen LogP contribution in [0.25, 0.3) is 0 Å². The third-order valence-corrected chi connectivity index (χ3v) is 2.12. The van der Waals surface area contributed by atoms with Crippen LogP contribution in [-0.4, -0.2) is 9.97 Å². The van der Waals surface area contributed by atoms with Crippen molar-refractivity contribution in [3.05, 3.63) is 42.2 Å². The molecule has 1 heterocycles. The van der Waals surface area contributed by atoms with Gasteiger partial charge in [0, 0.05) is 18.1 Å². The molecule has 2 rings (SSSR count). The van der Waals surface area contributed by atoms with E-state index in [4.69, 9.17) is 0 Å². The molecule has 0 bridgehead atoms. The highest BCUT2D eigenvalue weighted by Gasteiger charge is 1.95. The van der Waals surface area contributed by atoms with Crippen LogP contribution in [0.2, 0.25) is 0 Å². The maximum absolute atomic E-state index is 4.09. The van der Waals surface area contributed by atoms with Crippen molar-refractivity contribution in [2.45, 2.75) is 13.3 Å². The number of anilines is 2. The number of aromatic amines is 1. The van der Waals surface area contributed by atoms with E-state index >= 15 is 0 Å². The highest BCUT2D eigenvalue weighted by atomic mass is 15.1. The number of nitrogens with one attached hydrogen (secondary N) is 2. The van der Waals surface area contributed by atoms with Gasteiger partial charge in [0.05, 0.1) is 0 Å². The van der Waals surface area contributed by atoms with Crippen LogP contribution in [0.1, 0.15) is 12.5 Å². The molecule has 0 unspecified atom stereocenters. The number of nitrogens with zero attached hydrogens (tertiary/aromatic N) is 1. The minimum absolute atomic E-state index is 0.772. The number of imidazole rings is 1. The number of aryl methyl sites for hydroxylation is 1. The normalized spacial score (nSPS) is 10.1. The maximum Gasteiger partial charge on any atom is 0.204 e. The lowest BCUT2D eigenvalue weighted by Gasteiger charge is -2.03. The highest BCUT2D eigenvalue weighted by Crippen LogP contribution is 2.13. The summed E-state index contributed by atoms with van der Waals surface area (Å²) in [5.41, 5.74) is 2.40. The summed E-state index contributed by atoms with van der Waals surface area (Å²) in [6.07, 6.45) is 4.59. The minimum Gasteiger partial charge on any atom is -0.331 e. The molecule has 1 aromatic heterocycles. The van der Waals surface area contributed by atoms with E-state index < -0.39 is 0 Å². The van der Waals surface area contributed by atoms with Gasteiger partial charge in [-0.2, -0.15) is 0 Å². The van der Waals surface area contributed by atoms with E-state index in [0.29, 0.717) is 0 Å². The van der Waals surface area contributed by atoms with Crippen LogP contribution in [0, 0.1) is 0 Å². The van der Waals surface area contributed by atoms with Crippen molar-refractivity contribution in [2.24, 2.45) is 0 Å². The Labute approximate surface area is 83.2 Å². The maximum atomic E-state index is 4.09. The first kappa shape index (κ1) is 8.81. The first-order chi connectivity index (χ1) is 6.88. The zero-order valence-corrected chi connectivity index (χ0v) is 8.12. The van der Waals surface area contributed by atoms with Crippen molar-refractivity contribution in [3.63, 3.8) is 0 Å². The fraction of sp³-hybridized carbons (Fsp3) is 0.182. The second-order valence-electron chi connectivity index (χ2n) is 3.11. The Morgan fingerprint density at radius 1 is 1.29 bits per heavy atom. The number of aromatic nitrogens is 2. The van der Waals surface area contributed by atoms with Crippen molar-refractivity contribution < 1.29 is 0 Å². The molecule has 0 saturated heterocycles. The van der Waals surface area contributed by atoms with Crippen LogP contribution in [0.3, 0.4) is 0 Å². The molecule has 0 spiro atoms. The average molecular weight is 187 g/mol. The van der Waals surface area contributed by atoms with Gasteiger partial charge in [-0.3, -0.25) is 0 Å². The second-order valence-corrected chi connectivity index (χ2v) is 3.11. The van der Waals surface area contributed by atoms with Crippen LogP contribution in [0.5, 0.6) is 0 Å². The minimum atomic E-state index is 0.772. The van der Waals surface area contributed by atoms with Gasteiger partial charge >= 0.3 is 0 Å². The Morgan fingerprint density at radius 3 is 2.64 bits per heavy atom. The van der Waals surface area contributed by atoms with Gasteiger partial charge in [-0.05, 0) is 24.1 Å². The lowest BCUT2D eigenvalue weighted by atomic mass is 10.1. The summed E-state index contributed by atoms with van der Waals surface area (Å²) in [5, 5.41) is 3.17. The van der Waals surface area contributed by atoms with E-state index in [1.807, 2.05) is 0 Å². The van der Waals surface area contributed by atoms with Crippen LogP contribution < -0.4 is 5.32 Å². The molecule has 3 heteroatoms. The first-order valence-electron chi connectivity index (χ1n) is 4.74. The monoisotopic (exact) mass is 187 g/mol. The Morgan fingerprint density at radius 2 is 2.07 bits per heavy atom. The molecule has 0 radical (unpaired) electrons. The number of rotatable bonds is 3. The van der Waals surface area contributed by atoms with Gasteiger partial charge in [-0.1, -0.05) is 19.1 Å². The largest absolute Gasteiger partial charge is 0.331 e. The average Bonchev–Trinajstić information content (AvgIpc) is 2.72. The van der Waals surface area contributed by atoms with Gasteiger partial charge in [-0.25, -0.2) is 4.98 Å². The number of hydrogen-bond donors (Lipinski definition) is 2. The number of benzene rings is 1. The Bertz CT molecular complexity index is 375. The van der Waals surface area contributed by atoms with Crippen molar-refractivity contribution in [1.29, 1.82) is 0 Å². The molecule has 72 valence electrons. The molecule has 2 aromatic rings. The number of hydrogen-bond acceptors (Lipinski definition) is 2. The smallest absolute Gasteiger partial charge is 0.204 e. The Hall–Kier alpha value is -1.77. The predicted octanol–water partition coefficient (Wildman–Crippen LogP) is 2.72. The van der Waals surface area contributed by atoms with Crippen LogP contribution >= 0.6 is 0 Å². The van der Waals surface area contributed by atoms with E-state index in [1.165, 1.54) is 5.56 Å². The Balaban J connectivity index is 2.10. The topological polar surface area (TPSA) is 40.7 Å². The van der Waals surface area contributed by atoms with Crippen molar-refractivity contribution >= 4 is 11.6 Å². The van der Waals surface area contributed by atoms with E-state index in [9.17, 15) is 0 Å². The Kier molecular flexibility index (Phi) is 2.49. The summed E-state index contributed by atoms with van der Waals surface area (Å²) >= 11 is 0. The standard InChI is InChI=1S/C11H13N3/c1-2-9-3-5-10(6-4-9)14-11-12-7-8-13-11/h3-8H,2H2,1H3,(H2,12,13,14). The van der Waals surface area contributed by atoms with Crippen molar-refractivity contribution in [2.75, 3.05) is 5.32 Å². The second kappa shape index (κ2) is 3.96. The summed E-state index contributed by atoms with van der Waals surface area (Å²) < 4.78 is 0. The fourth-order valence-electron chi connectivity index (χ4n) is 1.29. The SMILES string of the molecule is CCc1ccc(Nc2ncc[nH]2)cc1. The third-order valence-electron chi connectivity index (χ3n) is 2.12. The van der Waals surface area contributed by atoms with E-state index in [2.05, 4.69) is 46.5 Å². The number of H-pyrrole nitrogens is 1.